The highest BCUT2D eigenvalue weighted by atomic mass is 19.4. The Morgan fingerprint density at radius 2 is 1.79 bits per heavy atom. The Morgan fingerprint density at radius 1 is 1.05 bits per heavy atom. The minimum atomic E-state index is -4.70. The van der Waals surface area contributed by atoms with Crippen LogP contribution in [0.4, 0.5) is 26.3 Å². The minimum Gasteiger partial charge on any atom is -0.373 e. The summed E-state index contributed by atoms with van der Waals surface area (Å²) in [5.74, 6) is -3.81. The zero-order chi connectivity index (χ0) is 27.7. The maximum Gasteiger partial charge on any atom is 0.416 e. The predicted octanol–water partition coefficient (Wildman–Crippen LogP) is 6.27. The Bertz CT molecular complexity index is 1590. The Labute approximate surface area is 218 Å². The summed E-state index contributed by atoms with van der Waals surface area (Å²) in [7, 11) is 0. The van der Waals surface area contributed by atoms with Crippen molar-refractivity contribution in [1.82, 2.24) is 29.7 Å². The molecule has 2 aliphatic rings. The van der Waals surface area contributed by atoms with Crippen molar-refractivity contribution in [2.45, 2.75) is 63.3 Å². The van der Waals surface area contributed by atoms with Gasteiger partial charge in [-0.25, -0.2) is 33.1 Å². The molecule has 4 heterocycles. The highest BCUT2D eigenvalue weighted by molar-refractivity contribution is 5.87. The summed E-state index contributed by atoms with van der Waals surface area (Å²) in [6.45, 7) is 3.78. The quantitative estimate of drug-likeness (QED) is 0.280. The van der Waals surface area contributed by atoms with Crippen molar-refractivity contribution in [3.05, 3.63) is 64.7 Å². The third kappa shape index (κ3) is 4.72. The summed E-state index contributed by atoms with van der Waals surface area (Å²) in [6, 6.07) is 1.31. The fourth-order valence-electron chi connectivity index (χ4n) is 4.82. The Kier molecular flexibility index (Phi) is 5.90. The molecule has 0 radical (unpaired) electrons. The van der Waals surface area contributed by atoms with Gasteiger partial charge >= 0.3 is 6.18 Å². The molecule has 0 N–H and O–H groups in total. The first-order valence-corrected chi connectivity index (χ1v) is 12.3. The number of ether oxygens (including phenoxy) is 1. The van der Waals surface area contributed by atoms with Crippen molar-refractivity contribution >= 4 is 11.2 Å². The lowest BCUT2D eigenvalue weighted by atomic mass is 9.92. The number of nitrogens with zero attached hydrogens (tertiary/aromatic N) is 6. The molecule has 204 valence electrons. The van der Waals surface area contributed by atoms with Crippen LogP contribution in [0.2, 0.25) is 0 Å². The number of rotatable bonds is 4. The SMILES string of the molecule is Cc1nc2nc([C@H]3CCO[C@H](c4cnn([C@@H]5CC5(F)F)c4)C3)nc(-c3ccc(C(F)(F)F)cc3F)c2nc1C. The van der Waals surface area contributed by atoms with Gasteiger partial charge < -0.3 is 4.74 Å². The van der Waals surface area contributed by atoms with E-state index in [4.69, 9.17) is 4.74 Å². The number of alkyl halides is 5. The van der Waals surface area contributed by atoms with Crippen LogP contribution in [0.1, 0.15) is 65.7 Å². The van der Waals surface area contributed by atoms with Crippen LogP contribution in [0.15, 0.2) is 30.6 Å². The molecule has 2 fully saturated rings. The molecule has 3 aromatic heterocycles. The van der Waals surface area contributed by atoms with Crippen molar-refractivity contribution in [3.8, 4) is 11.3 Å². The van der Waals surface area contributed by atoms with Crippen molar-refractivity contribution in [3.63, 3.8) is 0 Å². The van der Waals surface area contributed by atoms with Gasteiger partial charge in [0, 0.05) is 36.3 Å². The molecule has 1 aromatic carbocycles. The molecule has 6 rings (SSSR count). The fraction of sp³-hybridized carbons (Fsp3) is 0.423. The van der Waals surface area contributed by atoms with Crippen LogP contribution in [0, 0.1) is 19.7 Å². The number of hydrogen-bond donors (Lipinski definition) is 0. The number of halogens is 6. The van der Waals surface area contributed by atoms with Crippen molar-refractivity contribution < 1.29 is 31.1 Å². The van der Waals surface area contributed by atoms with E-state index in [2.05, 4.69) is 25.0 Å². The van der Waals surface area contributed by atoms with Gasteiger partial charge in [-0.1, -0.05) is 0 Å². The van der Waals surface area contributed by atoms with Gasteiger partial charge in [0.25, 0.3) is 5.92 Å². The second-order valence-electron chi connectivity index (χ2n) is 10.0. The van der Waals surface area contributed by atoms with E-state index in [-0.39, 0.29) is 34.8 Å². The number of aryl methyl sites for hydroxylation is 2. The van der Waals surface area contributed by atoms with E-state index in [1.807, 2.05) is 0 Å². The monoisotopic (exact) mass is 548 g/mol. The summed E-state index contributed by atoms with van der Waals surface area (Å²) in [5.41, 5.74) is 0.950. The molecule has 39 heavy (non-hydrogen) atoms. The van der Waals surface area contributed by atoms with Crippen molar-refractivity contribution in [2.24, 2.45) is 0 Å². The molecule has 1 aliphatic heterocycles. The normalized spacial score (nSPS) is 22.8. The van der Waals surface area contributed by atoms with E-state index < -0.39 is 35.6 Å². The number of fused-ring (bicyclic) bond motifs is 1. The summed E-state index contributed by atoms with van der Waals surface area (Å²) in [4.78, 5) is 18.2. The Hall–Kier alpha value is -3.61. The first-order valence-electron chi connectivity index (χ1n) is 12.3. The molecule has 0 unspecified atom stereocenters. The van der Waals surface area contributed by atoms with Crippen LogP contribution in [0.5, 0.6) is 0 Å². The summed E-state index contributed by atoms with van der Waals surface area (Å²) >= 11 is 0. The van der Waals surface area contributed by atoms with Crippen LogP contribution in [-0.4, -0.2) is 42.2 Å². The predicted molar refractivity (Wildman–Crippen MR) is 126 cm³/mol. The average Bonchev–Trinajstić information content (AvgIpc) is 3.28. The molecule has 13 heteroatoms. The van der Waals surface area contributed by atoms with Crippen LogP contribution in [-0.2, 0) is 10.9 Å². The van der Waals surface area contributed by atoms with E-state index in [9.17, 15) is 22.0 Å². The van der Waals surface area contributed by atoms with Crippen LogP contribution in [0.3, 0.4) is 0 Å². The van der Waals surface area contributed by atoms with E-state index in [1.54, 1.807) is 20.0 Å². The average molecular weight is 548 g/mol. The fourth-order valence-corrected chi connectivity index (χ4v) is 4.82. The minimum absolute atomic E-state index is 0.0450. The maximum absolute atomic E-state index is 15.1. The first kappa shape index (κ1) is 25.7. The standard InChI is InChI=1S/C26H22F6N6O/c1-12-13(2)35-24-22(34-12)21(17-4-3-16(8-18(17)27)26(30,31)32)36-23(37-24)14-5-6-39-19(7-14)15-10-33-38(11-15)20-9-25(20,28)29/h3-4,8,10-11,14,19-20H,5-7,9H2,1-2H3/t14-,19-,20+/m0/s1. The van der Waals surface area contributed by atoms with E-state index in [0.29, 0.717) is 48.3 Å². The summed E-state index contributed by atoms with van der Waals surface area (Å²) in [6.07, 6.45) is -1.44. The third-order valence-corrected chi connectivity index (χ3v) is 7.27. The molecule has 7 nitrogen and oxygen atoms in total. The third-order valence-electron chi connectivity index (χ3n) is 7.27. The van der Waals surface area contributed by atoms with Gasteiger partial charge in [-0.3, -0.25) is 4.68 Å². The molecule has 0 bridgehead atoms. The van der Waals surface area contributed by atoms with E-state index in [1.165, 1.54) is 10.9 Å². The summed E-state index contributed by atoms with van der Waals surface area (Å²) in [5, 5.41) is 4.08. The maximum atomic E-state index is 15.1. The first-order chi connectivity index (χ1) is 18.4. The van der Waals surface area contributed by atoms with Gasteiger partial charge in [0.1, 0.15) is 28.9 Å². The molecule has 0 spiro atoms. The molecule has 1 saturated heterocycles. The molecule has 1 saturated carbocycles. The largest absolute Gasteiger partial charge is 0.416 e. The molecule has 1 aliphatic carbocycles. The second-order valence-corrected chi connectivity index (χ2v) is 10.0. The molecular weight excluding hydrogens is 526 g/mol. The van der Waals surface area contributed by atoms with Crippen molar-refractivity contribution in [2.75, 3.05) is 6.61 Å². The van der Waals surface area contributed by atoms with Gasteiger partial charge in [0.15, 0.2) is 5.65 Å². The lowest BCUT2D eigenvalue weighted by Crippen LogP contribution is -2.20. The molecule has 4 aromatic rings. The number of benzene rings is 1. The lowest BCUT2D eigenvalue weighted by Gasteiger charge is -2.28. The zero-order valence-electron chi connectivity index (χ0n) is 20.8. The van der Waals surface area contributed by atoms with Crippen LogP contribution in [0.25, 0.3) is 22.4 Å². The smallest absolute Gasteiger partial charge is 0.373 e. The Morgan fingerprint density at radius 3 is 2.49 bits per heavy atom. The molecular formula is C26H22F6N6O. The van der Waals surface area contributed by atoms with Gasteiger partial charge in [0.2, 0.25) is 0 Å². The van der Waals surface area contributed by atoms with Gasteiger partial charge in [-0.15, -0.1) is 0 Å². The van der Waals surface area contributed by atoms with Gasteiger partial charge in [-0.2, -0.15) is 18.3 Å². The van der Waals surface area contributed by atoms with Crippen LogP contribution >= 0.6 is 0 Å². The van der Waals surface area contributed by atoms with Crippen LogP contribution < -0.4 is 0 Å². The number of hydrogen-bond acceptors (Lipinski definition) is 6. The van der Waals surface area contributed by atoms with Crippen molar-refractivity contribution in [1.29, 1.82) is 0 Å². The topological polar surface area (TPSA) is 78.6 Å². The lowest BCUT2D eigenvalue weighted by molar-refractivity contribution is -0.137. The van der Waals surface area contributed by atoms with E-state index >= 15 is 4.39 Å². The highest BCUT2D eigenvalue weighted by Gasteiger charge is 2.59. The molecule has 0 amide bonds. The van der Waals surface area contributed by atoms with Gasteiger partial charge in [-0.05, 0) is 44.9 Å². The van der Waals surface area contributed by atoms with E-state index in [0.717, 1.165) is 12.1 Å². The summed E-state index contributed by atoms with van der Waals surface area (Å²) < 4.78 is 88.6. The zero-order valence-corrected chi connectivity index (χ0v) is 20.8. The number of aromatic nitrogens is 6. The Balaban J connectivity index is 1.38. The molecule has 3 atom stereocenters. The highest BCUT2D eigenvalue weighted by Crippen LogP contribution is 2.52. The van der Waals surface area contributed by atoms with Gasteiger partial charge in [0.05, 0.1) is 29.3 Å². The second kappa shape index (κ2) is 8.97.